The van der Waals surface area contributed by atoms with Crippen LogP contribution in [0.15, 0.2) is 109 Å². The minimum absolute atomic E-state index is 0.0537. The molecule has 216 valence electrons. The van der Waals surface area contributed by atoms with Crippen LogP contribution in [0.3, 0.4) is 0 Å². The molecular formula is C40H36N4. The summed E-state index contributed by atoms with van der Waals surface area (Å²) in [4.78, 5) is 20.4. The van der Waals surface area contributed by atoms with Gasteiger partial charge in [0.2, 0.25) is 0 Å². The van der Waals surface area contributed by atoms with Gasteiger partial charge in [-0.15, -0.1) is 0 Å². The summed E-state index contributed by atoms with van der Waals surface area (Å²) in [6.07, 6.45) is 0. The molecule has 4 heteroatoms. The summed E-state index contributed by atoms with van der Waals surface area (Å²) in [5.74, 6) is 0.717. The van der Waals surface area contributed by atoms with Crippen molar-refractivity contribution in [2.45, 2.75) is 52.4 Å². The molecule has 4 aromatic carbocycles. The van der Waals surface area contributed by atoms with Crippen molar-refractivity contribution in [3.8, 4) is 33.8 Å². The Morgan fingerprint density at radius 2 is 1.09 bits per heavy atom. The van der Waals surface area contributed by atoms with Crippen LogP contribution >= 0.6 is 0 Å². The number of hydrogen-bond acceptors (Lipinski definition) is 4. The largest absolute Gasteiger partial charge is 0.250 e. The molecule has 0 aliphatic rings. The number of fused-ring (bicyclic) bond motifs is 4. The van der Waals surface area contributed by atoms with E-state index >= 15 is 0 Å². The molecule has 0 atom stereocenters. The highest BCUT2D eigenvalue weighted by Gasteiger charge is 2.22. The van der Waals surface area contributed by atoms with Gasteiger partial charge < -0.3 is 0 Å². The molecule has 7 aromatic rings. The number of hydrogen-bond donors (Lipinski definition) is 0. The number of pyridine rings is 2. The second-order valence-corrected chi connectivity index (χ2v) is 13.6. The van der Waals surface area contributed by atoms with Crippen molar-refractivity contribution in [3.05, 3.63) is 121 Å². The summed E-state index contributed by atoms with van der Waals surface area (Å²) in [5, 5.41) is 3.26. The van der Waals surface area contributed by atoms with Gasteiger partial charge in [-0.1, -0.05) is 133 Å². The summed E-state index contributed by atoms with van der Waals surface area (Å²) in [6.45, 7) is 13.3. The third-order valence-corrected chi connectivity index (χ3v) is 8.28. The lowest BCUT2D eigenvalue weighted by Crippen LogP contribution is -2.15. The zero-order chi connectivity index (χ0) is 30.6. The van der Waals surface area contributed by atoms with Gasteiger partial charge in [0, 0.05) is 49.5 Å². The first-order valence-corrected chi connectivity index (χ1v) is 15.2. The maximum atomic E-state index is 5.23. The lowest BCUT2D eigenvalue weighted by molar-refractivity contribution is 0.570. The number of nitrogens with zero attached hydrogens (tertiary/aromatic N) is 4. The van der Waals surface area contributed by atoms with Crippen LogP contribution in [0.1, 0.15) is 52.9 Å². The Balaban J connectivity index is 1.39. The van der Waals surface area contributed by atoms with Gasteiger partial charge in [0.25, 0.3) is 0 Å². The fourth-order valence-corrected chi connectivity index (χ4v) is 5.73. The minimum atomic E-state index is -0.126. The minimum Gasteiger partial charge on any atom is -0.250 e. The summed E-state index contributed by atoms with van der Waals surface area (Å²) in [5.41, 5.74) is 10.1. The van der Waals surface area contributed by atoms with Crippen molar-refractivity contribution in [2.75, 3.05) is 0 Å². The first-order valence-electron chi connectivity index (χ1n) is 15.2. The highest BCUT2D eigenvalue weighted by Crippen LogP contribution is 2.37. The van der Waals surface area contributed by atoms with E-state index in [1.807, 2.05) is 30.3 Å². The topological polar surface area (TPSA) is 51.6 Å². The van der Waals surface area contributed by atoms with Crippen molar-refractivity contribution in [1.82, 2.24) is 19.9 Å². The van der Waals surface area contributed by atoms with Gasteiger partial charge >= 0.3 is 0 Å². The van der Waals surface area contributed by atoms with Crippen LogP contribution < -0.4 is 0 Å². The molecule has 0 saturated heterocycles. The SMILES string of the molecule is CC(C)(C)c1ccc2ccc3c(-c4ccc(-c5nc(-c6ccccc6)c6ccccc6n5)cc4)cc(C(C)(C)C)nc3c2n1. The molecule has 3 aromatic heterocycles. The van der Waals surface area contributed by atoms with E-state index in [-0.39, 0.29) is 10.8 Å². The molecule has 0 saturated carbocycles. The zero-order valence-electron chi connectivity index (χ0n) is 26.2. The van der Waals surface area contributed by atoms with E-state index in [1.165, 1.54) is 0 Å². The molecule has 0 aliphatic carbocycles. The van der Waals surface area contributed by atoms with E-state index in [0.717, 1.165) is 72.0 Å². The highest BCUT2D eigenvalue weighted by molar-refractivity contribution is 6.08. The quantitative estimate of drug-likeness (QED) is 0.198. The van der Waals surface area contributed by atoms with Gasteiger partial charge in [-0.05, 0) is 29.3 Å². The number of para-hydroxylation sites is 1. The Labute approximate surface area is 258 Å². The van der Waals surface area contributed by atoms with Crippen LogP contribution in [-0.2, 0) is 10.8 Å². The number of rotatable bonds is 3. The third kappa shape index (κ3) is 5.01. The molecule has 0 radical (unpaired) electrons. The highest BCUT2D eigenvalue weighted by atomic mass is 14.9. The molecule has 0 bridgehead atoms. The van der Waals surface area contributed by atoms with E-state index in [0.29, 0.717) is 5.82 Å². The lowest BCUT2D eigenvalue weighted by atomic mass is 9.87. The Morgan fingerprint density at radius 3 is 1.82 bits per heavy atom. The van der Waals surface area contributed by atoms with Gasteiger partial charge in [-0.25, -0.2) is 19.9 Å². The van der Waals surface area contributed by atoms with Crippen molar-refractivity contribution in [3.63, 3.8) is 0 Å². The van der Waals surface area contributed by atoms with Gasteiger partial charge in [0.1, 0.15) is 0 Å². The van der Waals surface area contributed by atoms with Crippen LogP contribution in [0.4, 0.5) is 0 Å². The maximum absolute atomic E-state index is 5.23. The monoisotopic (exact) mass is 572 g/mol. The normalized spacial score (nSPS) is 12.3. The van der Waals surface area contributed by atoms with Crippen LogP contribution in [0.2, 0.25) is 0 Å². The molecule has 0 aliphatic heterocycles. The van der Waals surface area contributed by atoms with E-state index in [4.69, 9.17) is 19.9 Å². The predicted molar refractivity (Wildman–Crippen MR) is 184 cm³/mol. The second kappa shape index (κ2) is 10.3. The van der Waals surface area contributed by atoms with Crippen molar-refractivity contribution in [1.29, 1.82) is 0 Å². The number of benzene rings is 4. The van der Waals surface area contributed by atoms with E-state index in [1.54, 1.807) is 0 Å². The molecular weight excluding hydrogens is 536 g/mol. The molecule has 7 rings (SSSR count). The Kier molecular flexibility index (Phi) is 6.55. The van der Waals surface area contributed by atoms with Gasteiger partial charge in [0.15, 0.2) is 5.82 Å². The van der Waals surface area contributed by atoms with Crippen molar-refractivity contribution in [2.24, 2.45) is 0 Å². The fraction of sp³-hybridized carbons (Fsp3) is 0.200. The predicted octanol–water partition coefficient (Wildman–Crippen LogP) is 10.3. The van der Waals surface area contributed by atoms with Crippen molar-refractivity contribution < 1.29 is 0 Å². The Bertz CT molecular complexity index is 2170. The first kappa shape index (κ1) is 27.8. The van der Waals surface area contributed by atoms with E-state index in [9.17, 15) is 0 Å². The summed E-state index contributed by atoms with van der Waals surface area (Å²) >= 11 is 0. The second-order valence-electron chi connectivity index (χ2n) is 13.6. The van der Waals surface area contributed by atoms with E-state index in [2.05, 4.69) is 120 Å². The van der Waals surface area contributed by atoms with Crippen LogP contribution in [0.25, 0.3) is 66.5 Å². The summed E-state index contributed by atoms with van der Waals surface area (Å²) < 4.78 is 0. The van der Waals surface area contributed by atoms with Crippen LogP contribution in [0.5, 0.6) is 0 Å². The van der Waals surface area contributed by atoms with Crippen LogP contribution in [-0.4, -0.2) is 19.9 Å². The van der Waals surface area contributed by atoms with Gasteiger partial charge in [-0.2, -0.15) is 0 Å². The van der Waals surface area contributed by atoms with Gasteiger partial charge in [0.05, 0.1) is 22.2 Å². The fourth-order valence-electron chi connectivity index (χ4n) is 5.73. The van der Waals surface area contributed by atoms with Crippen LogP contribution in [0, 0.1) is 0 Å². The zero-order valence-corrected chi connectivity index (χ0v) is 26.2. The number of aromatic nitrogens is 4. The van der Waals surface area contributed by atoms with Crippen molar-refractivity contribution >= 4 is 32.7 Å². The smallest absolute Gasteiger partial charge is 0.160 e. The average molecular weight is 573 g/mol. The molecule has 4 nitrogen and oxygen atoms in total. The molecule has 44 heavy (non-hydrogen) atoms. The van der Waals surface area contributed by atoms with Gasteiger partial charge in [-0.3, -0.25) is 0 Å². The molecule has 0 unspecified atom stereocenters. The third-order valence-electron chi connectivity index (χ3n) is 8.28. The average Bonchev–Trinajstić information content (AvgIpc) is 3.03. The molecule has 0 amide bonds. The molecule has 0 fully saturated rings. The Hall–Kier alpha value is -4.96. The first-order chi connectivity index (χ1) is 21.1. The van der Waals surface area contributed by atoms with E-state index < -0.39 is 0 Å². The summed E-state index contributed by atoms with van der Waals surface area (Å²) in [7, 11) is 0. The molecule has 3 heterocycles. The maximum Gasteiger partial charge on any atom is 0.160 e. The standard InChI is InChI=1S/C40H36N4/c1-39(2,3)33-23-21-27-20-22-29-31(24-34(40(4,5)6)43-37(29)36(27)42-33)25-16-18-28(19-17-25)38-41-32-15-11-10-14-30(32)35(44-38)26-12-8-7-9-13-26/h7-24H,1-6H3. The molecule has 0 spiro atoms. The Morgan fingerprint density at radius 1 is 0.455 bits per heavy atom. The summed E-state index contributed by atoms with van der Waals surface area (Å²) in [6, 6.07) is 38.1. The lowest BCUT2D eigenvalue weighted by Gasteiger charge is -2.22. The molecule has 0 N–H and O–H groups in total.